The van der Waals surface area contributed by atoms with Gasteiger partial charge < -0.3 is 5.73 Å². The Hall–Kier alpha value is -1.31. The van der Waals surface area contributed by atoms with Crippen molar-refractivity contribution in [3.63, 3.8) is 0 Å². The molecule has 0 spiro atoms. The molecule has 0 unspecified atom stereocenters. The van der Waals surface area contributed by atoms with Gasteiger partial charge in [-0.2, -0.15) is 0 Å². The van der Waals surface area contributed by atoms with Crippen molar-refractivity contribution in [3.8, 4) is 0 Å². The van der Waals surface area contributed by atoms with Crippen molar-refractivity contribution in [2.45, 2.75) is 50.9 Å². The second-order valence-corrected chi connectivity index (χ2v) is 5.35. The molecule has 1 aliphatic rings. The van der Waals surface area contributed by atoms with Gasteiger partial charge in [0.25, 0.3) is 0 Å². The van der Waals surface area contributed by atoms with Crippen molar-refractivity contribution >= 4 is 5.91 Å². The number of hydrogen-bond donors (Lipinski definition) is 1. The second-order valence-electron chi connectivity index (χ2n) is 5.35. The van der Waals surface area contributed by atoms with Gasteiger partial charge in [0.05, 0.1) is 0 Å². The Morgan fingerprint density at radius 2 is 1.76 bits per heavy atom. The molecule has 92 valence electrons. The zero-order valence-corrected chi connectivity index (χ0v) is 10.5. The average molecular weight is 231 g/mol. The van der Waals surface area contributed by atoms with E-state index in [1.54, 1.807) is 0 Å². The third-order valence-electron chi connectivity index (χ3n) is 3.99. The maximum absolute atomic E-state index is 11.3. The molecule has 1 aromatic rings. The largest absolute Gasteiger partial charge is 0.370 e. The summed E-state index contributed by atoms with van der Waals surface area (Å²) in [7, 11) is 0. The fraction of sp³-hybridized carbons (Fsp3) is 0.533. The van der Waals surface area contributed by atoms with Crippen LogP contribution in [0, 0.1) is 6.92 Å². The summed E-state index contributed by atoms with van der Waals surface area (Å²) in [6.45, 7) is 2.09. The van der Waals surface area contributed by atoms with E-state index in [0.717, 1.165) is 12.8 Å². The van der Waals surface area contributed by atoms with Gasteiger partial charge in [-0.1, -0.05) is 49.1 Å². The molecule has 17 heavy (non-hydrogen) atoms. The minimum absolute atomic E-state index is 0.0117. The molecule has 0 atom stereocenters. The van der Waals surface area contributed by atoms with Crippen LogP contribution in [-0.4, -0.2) is 5.91 Å². The summed E-state index contributed by atoms with van der Waals surface area (Å²) in [4.78, 5) is 11.3. The van der Waals surface area contributed by atoms with Crippen LogP contribution < -0.4 is 5.73 Å². The molecule has 2 rings (SSSR count). The lowest BCUT2D eigenvalue weighted by Gasteiger charge is -2.37. The minimum Gasteiger partial charge on any atom is -0.370 e. The van der Waals surface area contributed by atoms with Crippen LogP contribution in [0.3, 0.4) is 0 Å². The van der Waals surface area contributed by atoms with E-state index in [1.807, 2.05) is 0 Å². The number of hydrogen-bond acceptors (Lipinski definition) is 1. The van der Waals surface area contributed by atoms with E-state index < -0.39 is 0 Å². The number of amides is 1. The molecule has 0 radical (unpaired) electrons. The Morgan fingerprint density at radius 1 is 1.18 bits per heavy atom. The molecule has 0 aromatic heterocycles. The number of rotatable bonds is 3. The molecular weight excluding hydrogens is 210 g/mol. The van der Waals surface area contributed by atoms with Gasteiger partial charge in [0.1, 0.15) is 0 Å². The van der Waals surface area contributed by atoms with Gasteiger partial charge in [-0.05, 0) is 25.3 Å². The monoisotopic (exact) mass is 231 g/mol. The number of benzene rings is 1. The van der Waals surface area contributed by atoms with E-state index >= 15 is 0 Å². The van der Waals surface area contributed by atoms with Crippen molar-refractivity contribution in [1.82, 2.24) is 0 Å². The lowest BCUT2D eigenvalue weighted by atomic mass is 9.67. The first-order valence-electron chi connectivity index (χ1n) is 6.48. The topological polar surface area (TPSA) is 43.1 Å². The summed E-state index contributed by atoms with van der Waals surface area (Å²) in [5.41, 5.74) is 8.00. The van der Waals surface area contributed by atoms with Crippen molar-refractivity contribution in [2.24, 2.45) is 5.73 Å². The molecule has 2 heteroatoms. The zero-order valence-electron chi connectivity index (χ0n) is 10.5. The number of carbonyl (C=O) groups is 1. The SMILES string of the molecule is Cc1ccc(C2(CC(N)=O)CCCCC2)cc1. The highest BCUT2D eigenvalue weighted by molar-refractivity contribution is 5.75. The predicted octanol–water partition coefficient (Wildman–Crippen LogP) is 3.07. The Bertz CT molecular complexity index is 388. The molecule has 1 saturated carbocycles. The number of aryl methyl sites for hydroxylation is 1. The fourth-order valence-corrected chi connectivity index (χ4v) is 3.04. The van der Waals surface area contributed by atoms with E-state index in [4.69, 9.17) is 5.73 Å². The zero-order chi connectivity index (χ0) is 12.3. The Labute approximate surface area is 103 Å². The quantitative estimate of drug-likeness (QED) is 0.853. The van der Waals surface area contributed by atoms with Crippen molar-refractivity contribution < 1.29 is 4.79 Å². The molecule has 0 bridgehead atoms. The predicted molar refractivity (Wildman–Crippen MR) is 69.8 cm³/mol. The summed E-state index contributed by atoms with van der Waals surface area (Å²) >= 11 is 0. The van der Waals surface area contributed by atoms with E-state index in [9.17, 15) is 4.79 Å². The second kappa shape index (κ2) is 4.91. The lowest BCUT2D eigenvalue weighted by Crippen LogP contribution is -2.34. The number of nitrogens with two attached hydrogens (primary N) is 1. The van der Waals surface area contributed by atoms with Crippen LogP contribution in [0.2, 0.25) is 0 Å². The van der Waals surface area contributed by atoms with Crippen LogP contribution >= 0.6 is 0 Å². The van der Waals surface area contributed by atoms with E-state index in [2.05, 4.69) is 31.2 Å². The summed E-state index contributed by atoms with van der Waals surface area (Å²) in [6, 6.07) is 8.60. The third-order valence-corrected chi connectivity index (χ3v) is 3.99. The van der Waals surface area contributed by atoms with Crippen molar-refractivity contribution in [2.75, 3.05) is 0 Å². The smallest absolute Gasteiger partial charge is 0.218 e. The molecule has 1 aliphatic carbocycles. The summed E-state index contributed by atoms with van der Waals surface area (Å²) in [5, 5.41) is 0. The minimum atomic E-state index is -0.174. The highest BCUT2D eigenvalue weighted by atomic mass is 16.1. The van der Waals surface area contributed by atoms with Gasteiger partial charge in [0.15, 0.2) is 0 Å². The first-order valence-corrected chi connectivity index (χ1v) is 6.48. The first kappa shape index (κ1) is 12.2. The summed E-state index contributed by atoms with van der Waals surface area (Å²) in [5.74, 6) is -0.174. The van der Waals surface area contributed by atoms with Crippen molar-refractivity contribution in [1.29, 1.82) is 0 Å². The maximum Gasteiger partial charge on any atom is 0.218 e. The number of carbonyl (C=O) groups excluding carboxylic acids is 1. The van der Waals surface area contributed by atoms with Gasteiger partial charge in [-0.15, -0.1) is 0 Å². The van der Waals surface area contributed by atoms with Crippen LogP contribution in [0.25, 0.3) is 0 Å². The highest BCUT2D eigenvalue weighted by Gasteiger charge is 2.35. The van der Waals surface area contributed by atoms with Crippen LogP contribution in [-0.2, 0) is 10.2 Å². The Morgan fingerprint density at radius 3 is 2.29 bits per heavy atom. The highest BCUT2D eigenvalue weighted by Crippen LogP contribution is 2.42. The third kappa shape index (κ3) is 2.68. The van der Waals surface area contributed by atoms with Gasteiger partial charge in [-0.25, -0.2) is 0 Å². The molecule has 0 heterocycles. The van der Waals surface area contributed by atoms with Crippen LogP contribution in [0.1, 0.15) is 49.7 Å². The normalized spacial score (nSPS) is 18.9. The fourth-order valence-electron chi connectivity index (χ4n) is 3.04. The number of primary amides is 1. The summed E-state index contributed by atoms with van der Waals surface area (Å²) in [6.07, 6.45) is 6.39. The summed E-state index contributed by atoms with van der Waals surface area (Å²) < 4.78 is 0. The van der Waals surface area contributed by atoms with Gasteiger partial charge in [0, 0.05) is 11.8 Å². The standard InChI is InChI=1S/C15H21NO/c1-12-5-7-13(8-6-12)15(11-14(16)17)9-3-2-4-10-15/h5-8H,2-4,9-11H2,1H3,(H2,16,17). The van der Waals surface area contributed by atoms with E-state index in [1.165, 1.54) is 30.4 Å². The van der Waals surface area contributed by atoms with Crippen molar-refractivity contribution in [3.05, 3.63) is 35.4 Å². The van der Waals surface area contributed by atoms with Gasteiger partial charge in [0.2, 0.25) is 5.91 Å². The maximum atomic E-state index is 11.3. The van der Waals surface area contributed by atoms with E-state index in [-0.39, 0.29) is 11.3 Å². The molecule has 2 nitrogen and oxygen atoms in total. The Kier molecular flexibility index (Phi) is 3.51. The first-order chi connectivity index (χ1) is 8.12. The molecule has 0 saturated heterocycles. The van der Waals surface area contributed by atoms with Gasteiger partial charge >= 0.3 is 0 Å². The van der Waals surface area contributed by atoms with Crippen LogP contribution in [0.15, 0.2) is 24.3 Å². The molecule has 2 N–H and O–H groups in total. The van der Waals surface area contributed by atoms with Crippen LogP contribution in [0.5, 0.6) is 0 Å². The molecule has 1 aromatic carbocycles. The van der Waals surface area contributed by atoms with E-state index in [0.29, 0.717) is 6.42 Å². The molecule has 1 amide bonds. The Balaban J connectivity index is 2.31. The van der Waals surface area contributed by atoms with Crippen LogP contribution in [0.4, 0.5) is 0 Å². The molecular formula is C15H21NO. The molecule has 0 aliphatic heterocycles. The molecule has 1 fully saturated rings. The van der Waals surface area contributed by atoms with Gasteiger partial charge in [-0.3, -0.25) is 4.79 Å². The average Bonchev–Trinajstić information content (AvgIpc) is 2.30. The lowest BCUT2D eigenvalue weighted by molar-refractivity contribution is -0.119.